The standard InChI is InChI=1S/C9H11NO4/c1-2-13-8(11)6-7(5-3-4-5)10-14-9(6)12/h5,10H,2-4H2,1H3. The predicted octanol–water partition coefficient (Wildman–Crippen LogP) is 1.02. The average molecular weight is 197 g/mol. The summed E-state index contributed by atoms with van der Waals surface area (Å²) in [7, 11) is 0. The van der Waals surface area contributed by atoms with Gasteiger partial charge in [-0.15, -0.1) is 0 Å². The number of esters is 1. The number of H-pyrrole nitrogens is 1. The van der Waals surface area contributed by atoms with E-state index in [0.717, 1.165) is 12.8 Å². The summed E-state index contributed by atoms with van der Waals surface area (Å²) in [6, 6.07) is 0. The van der Waals surface area contributed by atoms with Gasteiger partial charge in [0.15, 0.2) is 5.56 Å². The van der Waals surface area contributed by atoms with Gasteiger partial charge < -0.3 is 9.26 Å². The minimum Gasteiger partial charge on any atom is -0.462 e. The first-order valence-corrected chi connectivity index (χ1v) is 4.62. The molecule has 0 saturated heterocycles. The smallest absolute Gasteiger partial charge is 0.372 e. The van der Waals surface area contributed by atoms with Crippen LogP contribution in [0, 0.1) is 0 Å². The van der Waals surface area contributed by atoms with Crippen LogP contribution in [0.5, 0.6) is 0 Å². The first kappa shape index (κ1) is 9.05. The summed E-state index contributed by atoms with van der Waals surface area (Å²) in [5.41, 5.74) is -0.00634. The van der Waals surface area contributed by atoms with Crippen molar-refractivity contribution in [3.63, 3.8) is 0 Å². The lowest BCUT2D eigenvalue weighted by atomic mass is 10.2. The third-order valence-electron chi connectivity index (χ3n) is 2.19. The summed E-state index contributed by atoms with van der Waals surface area (Å²) in [4.78, 5) is 22.6. The topological polar surface area (TPSA) is 72.3 Å². The molecule has 5 nitrogen and oxygen atoms in total. The van der Waals surface area contributed by atoms with Crippen molar-refractivity contribution >= 4 is 5.97 Å². The lowest BCUT2D eigenvalue weighted by molar-refractivity contribution is 0.0522. The van der Waals surface area contributed by atoms with Crippen molar-refractivity contribution in [2.24, 2.45) is 0 Å². The third kappa shape index (κ3) is 1.45. The molecule has 1 heterocycles. The second kappa shape index (κ2) is 3.32. The van der Waals surface area contributed by atoms with Crippen LogP contribution in [0.4, 0.5) is 0 Å². The fourth-order valence-corrected chi connectivity index (χ4v) is 1.37. The highest BCUT2D eigenvalue weighted by molar-refractivity contribution is 5.90. The molecule has 1 aliphatic carbocycles. The van der Waals surface area contributed by atoms with Crippen LogP contribution in [-0.2, 0) is 4.74 Å². The molecule has 0 unspecified atom stereocenters. The Hall–Kier alpha value is -1.52. The van der Waals surface area contributed by atoms with Crippen LogP contribution in [0.3, 0.4) is 0 Å². The zero-order chi connectivity index (χ0) is 10.1. The molecule has 0 atom stereocenters. The van der Waals surface area contributed by atoms with Crippen LogP contribution in [0.15, 0.2) is 9.32 Å². The third-order valence-corrected chi connectivity index (χ3v) is 2.19. The van der Waals surface area contributed by atoms with E-state index in [-0.39, 0.29) is 18.1 Å². The highest BCUT2D eigenvalue weighted by atomic mass is 16.5. The summed E-state index contributed by atoms with van der Waals surface area (Å²) >= 11 is 0. The van der Waals surface area contributed by atoms with Gasteiger partial charge in [0.05, 0.1) is 12.3 Å². The number of carbonyl (C=O) groups is 1. The van der Waals surface area contributed by atoms with E-state index in [2.05, 4.69) is 9.68 Å². The van der Waals surface area contributed by atoms with Gasteiger partial charge in [-0.2, -0.15) is 0 Å². The maximum Gasteiger partial charge on any atom is 0.372 e. The number of rotatable bonds is 3. The van der Waals surface area contributed by atoms with E-state index in [0.29, 0.717) is 5.69 Å². The molecular weight excluding hydrogens is 186 g/mol. The fourth-order valence-electron chi connectivity index (χ4n) is 1.37. The zero-order valence-corrected chi connectivity index (χ0v) is 7.83. The van der Waals surface area contributed by atoms with Crippen molar-refractivity contribution in [1.29, 1.82) is 0 Å². The minimum atomic E-state index is -0.634. The van der Waals surface area contributed by atoms with Gasteiger partial charge in [0.1, 0.15) is 0 Å². The molecule has 1 fully saturated rings. The molecular formula is C9H11NO4. The minimum absolute atomic E-state index is 0.0364. The molecule has 1 aromatic rings. The highest BCUT2D eigenvalue weighted by Gasteiger charge is 2.33. The van der Waals surface area contributed by atoms with Gasteiger partial charge in [0, 0.05) is 5.92 Å². The van der Waals surface area contributed by atoms with E-state index in [1.165, 1.54) is 0 Å². The predicted molar refractivity (Wildman–Crippen MR) is 47.3 cm³/mol. The van der Waals surface area contributed by atoms with Crippen LogP contribution in [0.25, 0.3) is 0 Å². The molecule has 1 saturated carbocycles. The number of ether oxygens (including phenoxy) is 1. The van der Waals surface area contributed by atoms with Crippen molar-refractivity contribution in [2.75, 3.05) is 6.61 Å². The summed E-state index contributed by atoms with van der Waals surface area (Å²) in [5, 5.41) is 2.49. The van der Waals surface area contributed by atoms with E-state index in [1.54, 1.807) is 6.92 Å². The molecule has 2 rings (SSSR count). The van der Waals surface area contributed by atoms with Gasteiger partial charge in [-0.05, 0) is 19.8 Å². The Morgan fingerprint density at radius 1 is 1.64 bits per heavy atom. The largest absolute Gasteiger partial charge is 0.462 e. The van der Waals surface area contributed by atoms with Gasteiger partial charge in [0.2, 0.25) is 0 Å². The molecule has 0 bridgehead atoms. The van der Waals surface area contributed by atoms with Crippen LogP contribution in [0.2, 0.25) is 0 Å². The number of hydrogen-bond donors (Lipinski definition) is 1. The number of hydrogen-bond acceptors (Lipinski definition) is 4. The number of carbonyl (C=O) groups excluding carboxylic acids is 1. The normalized spacial score (nSPS) is 15.5. The van der Waals surface area contributed by atoms with Crippen molar-refractivity contribution in [3.05, 3.63) is 21.7 Å². The highest BCUT2D eigenvalue weighted by Crippen LogP contribution is 2.40. The number of aromatic nitrogens is 1. The first-order valence-electron chi connectivity index (χ1n) is 4.62. The Labute approximate surface area is 80.0 Å². The maximum absolute atomic E-state index is 11.4. The molecule has 1 N–H and O–H groups in total. The van der Waals surface area contributed by atoms with E-state index in [1.807, 2.05) is 0 Å². The molecule has 0 amide bonds. The molecule has 0 aliphatic heterocycles. The Morgan fingerprint density at radius 3 is 2.93 bits per heavy atom. The second-order valence-electron chi connectivity index (χ2n) is 3.28. The van der Waals surface area contributed by atoms with Gasteiger partial charge in [-0.25, -0.2) is 14.7 Å². The summed E-state index contributed by atoms with van der Waals surface area (Å²) in [6.07, 6.45) is 1.98. The molecule has 0 aromatic carbocycles. The van der Waals surface area contributed by atoms with E-state index >= 15 is 0 Å². The summed E-state index contributed by atoms with van der Waals surface area (Å²) < 4.78 is 9.35. The summed E-state index contributed by atoms with van der Waals surface area (Å²) in [6.45, 7) is 1.95. The summed E-state index contributed by atoms with van der Waals surface area (Å²) in [5.74, 6) is -0.328. The van der Waals surface area contributed by atoms with Crippen LogP contribution in [-0.4, -0.2) is 17.7 Å². The SMILES string of the molecule is CCOC(=O)c1c(C2CC2)[nH]oc1=O. The lowest BCUT2D eigenvalue weighted by Gasteiger charge is -1.98. The molecule has 0 spiro atoms. The molecule has 76 valence electrons. The molecule has 0 radical (unpaired) electrons. The van der Waals surface area contributed by atoms with Crippen molar-refractivity contribution in [2.45, 2.75) is 25.7 Å². The Kier molecular flexibility index (Phi) is 2.15. The van der Waals surface area contributed by atoms with Crippen molar-refractivity contribution in [3.8, 4) is 0 Å². The van der Waals surface area contributed by atoms with Gasteiger partial charge in [-0.3, -0.25) is 0 Å². The quantitative estimate of drug-likeness (QED) is 0.734. The zero-order valence-electron chi connectivity index (χ0n) is 7.83. The Bertz CT molecular complexity index is 399. The Balaban J connectivity index is 2.34. The molecule has 14 heavy (non-hydrogen) atoms. The Morgan fingerprint density at radius 2 is 2.36 bits per heavy atom. The average Bonchev–Trinajstić information content (AvgIpc) is 2.90. The molecule has 1 aromatic heterocycles. The van der Waals surface area contributed by atoms with E-state index in [4.69, 9.17) is 4.74 Å². The lowest BCUT2D eigenvalue weighted by Crippen LogP contribution is -2.15. The van der Waals surface area contributed by atoms with Crippen LogP contribution >= 0.6 is 0 Å². The fraction of sp³-hybridized carbons (Fsp3) is 0.556. The molecule has 1 aliphatic rings. The number of nitrogens with one attached hydrogen (secondary N) is 1. The van der Waals surface area contributed by atoms with Crippen LogP contribution in [0.1, 0.15) is 41.7 Å². The van der Waals surface area contributed by atoms with Gasteiger partial charge in [-0.1, -0.05) is 0 Å². The molecule has 5 heteroatoms. The van der Waals surface area contributed by atoms with Crippen molar-refractivity contribution < 1.29 is 14.1 Å². The first-order chi connectivity index (χ1) is 6.74. The van der Waals surface area contributed by atoms with E-state index < -0.39 is 11.6 Å². The van der Waals surface area contributed by atoms with Crippen molar-refractivity contribution in [1.82, 2.24) is 5.16 Å². The van der Waals surface area contributed by atoms with Gasteiger partial charge in [0.25, 0.3) is 0 Å². The number of aromatic amines is 1. The van der Waals surface area contributed by atoms with Gasteiger partial charge >= 0.3 is 11.6 Å². The maximum atomic E-state index is 11.4. The van der Waals surface area contributed by atoms with Crippen LogP contribution < -0.4 is 5.63 Å². The second-order valence-corrected chi connectivity index (χ2v) is 3.28. The monoisotopic (exact) mass is 197 g/mol. The van der Waals surface area contributed by atoms with E-state index in [9.17, 15) is 9.59 Å².